The van der Waals surface area contributed by atoms with Crippen LogP contribution in [-0.2, 0) is 11.2 Å². The summed E-state index contributed by atoms with van der Waals surface area (Å²) in [6, 6.07) is 5.69. The molecule has 78 valence electrons. The number of hydrogen-bond donors (Lipinski definition) is 2. The average molecular weight is 224 g/mol. The van der Waals surface area contributed by atoms with Crippen molar-refractivity contribution in [2.24, 2.45) is 0 Å². The van der Waals surface area contributed by atoms with Gasteiger partial charge in [0, 0.05) is 28.5 Å². The van der Waals surface area contributed by atoms with Crippen LogP contribution in [0.4, 0.5) is 0 Å². The number of aromatic amines is 1. The highest BCUT2D eigenvalue weighted by Crippen LogP contribution is 2.24. The van der Waals surface area contributed by atoms with Gasteiger partial charge in [-0.25, -0.2) is 0 Å². The number of halogens is 1. The monoisotopic (exact) mass is 223 g/mol. The fourth-order valence-electron chi connectivity index (χ4n) is 1.55. The number of rotatable bonds is 3. The molecule has 0 aliphatic carbocycles. The minimum Gasteiger partial charge on any atom is -0.481 e. The van der Waals surface area contributed by atoms with Crippen molar-refractivity contribution < 1.29 is 9.90 Å². The van der Waals surface area contributed by atoms with Crippen LogP contribution in [0.5, 0.6) is 0 Å². The molecule has 0 amide bonds. The summed E-state index contributed by atoms with van der Waals surface area (Å²) in [6.45, 7) is 0. The van der Waals surface area contributed by atoms with Crippen LogP contribution in [0, 0.1) is 0 Å². The zero-order valence-electron chi connectivity index (χ0n) is 7.96. The molecular formula is C11H10ClNO2. The van der Waals surface area contributed by atoms with Crippen molar-refractivity contribution in [3.05, 3.63) is 35.0 Å². The van der Waals surface area contributed by atoms with E-state index in [0.717, 1.165) is 16.5 Å². The first-order chi connectivity index (χ1) is 7.16. The summed E-state index contributed by atoms with van der Waals surface area (Å²) >= 11 is 6.04. The first-order valence-corrected chi connectivity index (χ1v) is 5.02. The Balaban J connectivity index is 2.33. The quantitative estimate of drug-likeness (QED) is 0.841. The first-order valence-electron chi connectivity index (χ1n) is 4.64. The number of nitrogens with one attached hydrogen (secondary N) is 1. The van der Waals surface area contributed by atoms with E-state index in [4.69, 9.17) is 16.7 Å². The molecule has 4 heteroatoms. The van der Waals surface area contributed by atoms with Crippen LogP contribution in [0.2, 0.25) is 5.02 Å². The standard InChI is InChI=1S/C11H10ClNO2/c12-9-5-8-3-4-13-10(8)6-7(9)1-2-11(14)15/h3-6,13H,1-2H2,(H,14,15). The minimum absolute atomic E-state index is 0.103. The lowest BCUT2D eigenvalue weighted by Crippen LogP contribution is -1.97. The van der Waals surface area contributed by atoms with E-state index in [0.29, 0.717) is 11.4 Å². The molecule has 3 nitrogen and oxygen atoms in total. The van der Waals surface area contributed by atoms with Gasteiger partial charge < -0.3 is 10.1 Å². The Labute approximate surface area is 91.7 Å². The van der Waals surface area contributed by atoms with Crippen LogP contribution in [-0.4, -0.2) is 16.1 Å². The topological polar surface area (TPSA) is 53.1 Å². The molecule has 0 spiro atoms. The Morgan fingerprint density at radius 3 is 3.00 bits per heavy atom. The number of fused-ring (bicyclic) bond motifs is 1. The van der Waals surface area contributed by atoms with Crippen LogP contribution < -0.4 is 0 Å². The van der Waals surface area contributed by atoms with E-state index in [2.05, 4.69) is 4.98 Å². The number of H-pyrrole nitrogens is 1. The lowest BCUT2D eigenvalue weighted by atomic mass is 10.1. The lowest BCUT2D eigenvalue weighted by molar-refractivity contribution is -0.136. The molecule has 0 radical (unpaired) electrons. The molecule has 0 fully saturated rings. The number of carboxylic acids is 1. The molecule has 0 unspecified atom stereocenters. The van der Waals surface area contributed by atoms with Crippen molar-refractivity contribution in [3.8, 4) is 0 Å². The summed E-state index contributed by atoms with van der Waals surface area (Å²) in [7, 11) is 0. The predicted molar refractivity (Wildman–Crippen MR) is 59.3 cm³/mol. The second-order valence-corrected chi connectivity index (χ2v) is 3.81. The normalized spacial score (nSPS) is 10.7. The van der Waals surface area contributed by atoms with Crippen LogP contribution in [0.3, 0.4) is 0 Å². The van der Waals surface area contributed by atoms with Crippen LogP contribution in [0.25, 0.3) is 10.9 Å². The van der Waals surface area contributed by atoms with Gasteiger partial charge in [0.15, 0.2) is 0 Å². The van der Waals surface area contributed by atoms with E-state index in [1.165, 1.54) is 0 Å². The number of aliphatic carboxylic acids is 1. The van der Waals surface area contributed by atoms with Gasteiger partial charge in [0.05, 0.1) is 0 Å². The maximum absolute atomic E-state index is 10.4. The molecule has 1 heterocycles. The third-order valence-corrected chi connectivity index (χ3v) is 2.68. The molecule has 0 saturated heterocycles. The maximum atomic E-state index is 10.4. The van der Waals surface area contributed by atoms with Crippen molar-refractivity contribution in [1.29, 1.82) is 0 Å². The summed E-state index contributed by atoms with van der Waals surface area (Å²) < 4.78 is 0. The molecular weight excluding hydrogens is 214 g/mol. The molecule has 0 atom stereocenters. The van der Waals surface area contributed by atoms with Gasteiger partial charge >= 0.3 is 5.97 Å². The third-order valence-electron chi connectivity index (χ3n) is 2.33. The Hall–Kier alpha value is -1.48. The largest absolute Gasteiger partial charge is 0.481 e. The Morgan fingerprint density at radius 2 is 2.27 bits per heavy atom. The molecule has 2 aromatic rings. The van der Waals surface area contributed by atoms with E-state index in [1.54, 1.807) is 0 Å². The number of carbonyl (C=O) groups is 1. The van der Waals surface area contributed by atoms with Crippen LogP contribution in [0.1, 0.15) is 12.0 Å². The fraction of sp³-hybridized carbons (Fsp3) is 0.182. The molecule has 0 saturated carbocycles. The van der Waals surface area contributed by atoms with Crippen molar-refractivity contribution >= 4 is 28.5 Å². The second-order valence-electron chi connectivity index (χ2n) is 3.40. The maximum Gasteiger partial charge on any atom is 0.303 e. The summed E-state index contributed by atoms with van der Waals surface area (Å²) in [4.78, 5) is 13.5. The Bertz CT molecular complexity index is 504. The van der Waals surface area contributed by atoms with E-state index in [1.807, 2.05) is 24.4 Å². The zero-order chi connectivity index (χ0) is 10.8. The molecule has 0 aliphatic heterocycles. The zero-order valence-corrected chi connectivity index (χ0v) is 8.71. The molecule has 0 aliphatic rings. The number of benzene rings is 1. The highest BCUT2D eigenvalue weighted by molar-refractivity contribution is 6.32. The molecule has 2 N–H and O–H groups in total. The van der Waals surface area contributed by atoms with Crippen molar-refractivity contribution in [2.75, 3.05) is 0 Å². The second kappa shape index (κ2) is 3.95. The smallest absolute Gasteiger partial charge is 0.303 e. The van der Waals surface area contributed by atoms with Gasteiger partial charge in [0.25, 0.3) is 0 Å². The van der Waals surface area contributed by atoms with E-state index >= 15 is 0 Å². The first kappa shape index (κ1) is 10.1. The molecule has 1 aromatic heterocycles. The number of hydrogen-bond acceptors (Lipinski definition) is 1. The molecule has 1 aromatic carbocycles. The van der Waals surface area contributed by atoms with Gasteiger partial charge in [-0.05, 0) is 30.2 Å². The van der Waals surface area contributed by atoms with Crippen molar-refractivity contribution in [2.45, 2.75) is 12.8 Å². The SMILES string of the molecule is O=C(O)CCc1cc2[nH]ccc2cc1Cl. The lowest BCUT2D eigenvalue weighted by Gasteiger charge is -2.02. The fourth-order valence-corrected chi connectivity index (χ4v) is 1.82. The van der Waals surface area contributed by atoms with E-state index < -0.39 is 5.97 Å². The summed E-state index contributed by atoms with van der Waals surface area (Å²) in [5.41, 5.74) is 1.86. The molecule has 15 heavy (non-hydrogen) atoms. The van der Waals surface area contributed by atoms with Gasteiger partial charge in [-0.2, -0.15) is 0 Å². The highest BCUT2D eigenvalue weighted by Gasteiger charge is 2.06. The number of carboxylic acid groups (broad SMARTS) is 1. The predicted octanol–water partition coefficient (Wildman–Crippen LogP) is 2.84. The van der Waals surface area contributed by atoms with Crippen molar-refractivity contribution in [3.63, 3.8) is 0 Å². The Morgan fingerprint density at radius 1 is 1.47 bits per heavy atom. The summed E-state index contributed by atoms with van der Waals surface area (Å²) in [6.07, 6.45) is 2.40. The number of aryl methyl sites for hydroxylation is 1. The minimum atomic E-state index is -0.808. The third kappa shape index (κ3) is 2.13. The van der Waals surface area contributed by atoms with E-state index in [9.17, 15) is 4.79 Å². The summed E-state index contributed by atoms with van der Waals surface area (Å²) in [5, 5.41) is 10.3. The molecule has 2 rings (SSSR count). The van der Waals surface area contributed by atoms with Crippen LogP contribution >= 0.6 is 11.6 Å². The highest BCUT2D eigenvalue weighted by atomic mass is 35.5. The summed E-state index contributed by atoms with van der Waals surface area (Å²) in [5.74, 6) is -0.808. The van der Waals surface area contributed by atoms with Gasteiger partial charge in [-0.15, -0.1) is 0 Å². The molecule has 0 bridgehead atoms. The Kier molecular flexibility index (Phi) is 2.64. The van der Waals surface area contributed by atoms with Crippen LogP contribution in [0.15, 0.2) is 24.4 Å². The van der Waals surface area contributed by atoms with Gasteiger partial charge in [-0.3, -0.25) is 4.79 Å². The van der Waals surface area contributed by atoms with Gasteiger partial charge in [0.1, 0.15) is 0 Å². The van der Waals surface area contributed by atoms with Gasteiger partial charge in [0.2, 0.25) is 0 Å². The van der Waals surface area contributed by atoms with Gasteiger partial charge in [-0.1, -0.05) is 11.6 Å². The van der Waals surface area contributed by atoms with E-state index in [-0.39, 0.29) is 6.42 Å². The average Bonchev–Trinajstić information content (AvgIpc) is 2.60. The van der Waals surface area contributed by atoms with Crippen molar-refractivity contribution in [1.82, 2.24) is 4.98 Å². The number of aromatic nitrogens is 1.